The van der Waals surface area contributed by atoms with Gasteiger partial charge in [-0.2, -0.15) is 4.31 Å². The molecule has 2 aromatic rings. The van der Waals surface area contributed by atoms with Crippen LogP contribution in [-0.4, -0.2) is 60.5 Å². The van der Waals surface area contributed by atoms with Gasteiger partial charge in [0.05, 0.1) is 17.5 Å². The molecular formula is C21H29N5O2S. The van der Waals surface area contributed by atoms with E-state index < -0.39 is 10.0 Å². The molecule has 1 aromatic heterocycles. The highest BCUT2D eigenvalue weighted by molar-refractivity contribution is 7.89. The normalized spacial score (nSPS) is 20.6. The average molecular weight is 416 g/mol. The minimum atomic E-state index is -3.38. The van der Waals surface area contributed by atoms with Gasteiger partial charge in [-0.15, -0.1) is 0 Å². The summed E-state index contributed by atoms with van der Waals surface area (Å²) in [4.78, 5) is 11.8. The molecule has 1 fully saturated rings. The van der Waals surface area contributed by atoms with Crippen molar-refractivity contribution < 1.29 is 8.42 Å². The molecule has 1 atom stereocenters. The maximum absolute atomic E-state index is 13.1. The van der Waals surface area contributed by atoms with E-state index in [1.165, 1.54) is 0 Å². The quantitative estimate of drug-likeness (QED) is 0.779. The van der Waals surface area contributed by atoms with Crippen LogP contribution >= 0.6 is 0 Å². The molecule has 1 aromatic carbocycles. The van der Waals surface area contributed by atoms with Crippen LogP contribution in [-0.2, 0) is 29.4 Å². The molecule has 156 valence electrons. The lowest BCUT2D eigenvalue weighted by Gasteiger charge is -2.28. The number of hydrogen-bond donors (Lipinski definition) is 1. The second-order valence-electron chi connectivity index (χ2n) is 7.91. The van der Waals surface area contributed by atoms with Crippen molar-refractivity contribution in [1.82, 2.24) is 19.2 Å². The third-order valence-corrected chi connectivity index (χ3v) is 7.73. The number of aryl methyl sites for hydroxylation is 1. The van der Waals surface area contributed by atoms with Crippen molar-refractivity contribution in [2.45, 2.75) is 38.3 Å². The number of benzene rings is 1. The minimum absolute atomic E-state index is 0.113. The van der Waals surface area contributed by atoms with Crippen molar-refractivity contribution in [1.29, 1.82) is 0 Å². The number of hydrogen-bond acceptors (Lipinski definition) is 6. The Balaban J connectivity index is 1.58. The first-order chi connectivity index (χ1) is 14.0. The second kappa shape index (κ2) is 8.38. The molecule has 8 heteroatoms. The lowest BCUT2D eigenvalue weighted by molar-refractivity contribution is 0.307. The lowest BCUT2D eigenvalue weighted by atomic mass is 10.1. The number of aromatic nitrogens is 2. The average Bonchev–Trinajstić information content (AvgIpc) is 3.23. The van der Waals surface area contributed by atoms with Gasteiger partial charge in [0.2, 0.25) is 10.0 Å². The topological polar surface area (TPSA) is 78.4 Å². The highest BCUT2D eigenvalue weighted by Crippen LogP contribution is 2.35. The molecule has 0 spiro atoms. The number of likely N-dealkylation sites (N-methyl/N-ethyl adjacent to an activating group) is 1. The first kappa shape index (κ1) is 20.3. The molecule has 4 rings (SSSR count). The van der Waals surface area contributed by atoms with Gasteiger partial charge in [0, 0.05) is 38.7 Å². The Morgan fingerprint density at radius 3 is 2.72 bits per heavy atom. The monoisotopic (exact) mass is 415 g/mol. The molecule has 0 amide bonds. The Morgan fingerprint density at radius 2 is 1.97 bits per heavy atom. The van der Waals surface area contributed by atoms with E-state index in [1.807, 2.05) is 37.4 Å². The Kier molecular flexibility index (Phi) is 5.85. The minimum Gasteiger partial charge on any atom is -0.373 e. The number of anilines is 1. The molecule has 1 saturated heterocycles. The van der Waals surface area contributed by atoms with Crippen molar-refractivity contribution >= 4 is 15.8 Å². The molecule has 29 heavy (non-hydrogen) atoms. The molecule has 2 aliphatic heterocycles. The van der Waals surface area contributed by atoms with Gasteiger partial charge in [-0.3, -0.25) is 0 Å². The summed E-state index contributed by atoms with van der Waals surface area (Å²) in [6.07, 6.45) is 2.99. The summed E-state index contributed by atoms with van der Waals surface area (Å²) in [6.45, 7) is 2.31. The summed E-state index contributed by atoms with van der Waals surface area (Å²) in [5.74, 6) is 1.57. The number of nitrogens with zero attached hydrogens (tertiary/aromatic N) is 4. The molecule has 3 heterocycles. The summed E-state index contributed by atoms with van der Waals surface area (Å²) < 4.78 is 27.9. The van der Waals surface area contributed by atoms with Gasteiger partial charge in [-0.25, -0.2) is 18.4 Å². The zero-order chi connectivity index (χ0) is 20.4. The van der Waals surface area contributed by atoms with E-state index in [9.17, 15) is 8.42 Å². The van der Waals surface area contributed by atoms with E-state index in [0.29, 0.717) is 18.8 Å². The Bertz CT molecular complexity index is 947. The van der Waals surface area contributed by atoms with Gasteiger partial charge >= 0.3 is 0 Å². The van der Waals surface area contributed by atoms with E-state index >= 15 is 0 Å². The fraction of sp³-hybridized carbons (Fsp3) is 0.524. The van der Waals surface area contributed by atoms with E-state index in [2.05, 4.69) is 17.3 Å². The number of sulfonamides is 1. The largest absolute Gasteiger partial charge is 0.373 e. The van der Waals surface area contributed by atoms with E-state index in [1.54, 1.807) is 4.31 Å². The van der Waals surface area contributed by atoms with Gasteiger partial charge < -0.3 is 10.2 Å². The molecule has 0 bridgehead atoms. The molecule has 0 aliphatic carbocycles. The summed E-state index contributed by atoms with van der Waals surface area (Å²) >= 11 is 0. The van der Waals surface area contributed by atoms with Crippen LogP contribution in [0.2, 0.25) is 0 Å². The second-order valence-corrected chi connectivity index (χ2v) is 9.95. The third-order valence-electron chi connectivity index (χ3n) is 5.86. The third kappa shape index (κ3) is 4.29. The predicted molar refractivity (Wildman–Crippen MR) is 114 cm³/mol. The standard InChI is InChI=1S/C21H29N5O2S/c1-22-20-17-15-25(2)13-10-18(17)23-21(24-20)19-9-6-12-26(19)29(27,28)14-11-16-7-4-3-5-8-16/h3-5,7-8,19H,6,9-15H2,1-2H3,(H,22,23,24)/t19-/m0/s1. The van der Waals surface area contributed by atoms with E-state index in [0.717, 1.165) is 55.0 Å². The van der Waals surface area contributed by atoms with Crippen molar-refractivity contribution in [3.63, 3.8) is 0 Å². The zero-order valence-electron chi connectivity index (χ0n) is 17.1. The van der Waals surface area contributed by atoms with Crippen molar-refractivity contribution in [3.05, 3.63) is 53.0 Å². The van der Waals surface area contributed by atoms with Crippen LogP contribution in [0.15, 0.2) is 30.3 Å². The molecule has 7 nitrogen and oxygen atoms in total. The zero-order valence-corrected chi connectivity index (χ0v) is 18.0. The fourth-order valence-corrected chi connectivity index (χ4v) is 5.99. The maximum Gasteiger partial charge on any atom is 0.215 e. The Labute approximate surface area is 173 Å². The summed E-state index contributed by atoms with van der Waals surface area (Å²) in [5.41, 5.74) is 3.21. The maximum atomic E-state index is 13.1. The highest BCUT2D eigenvalue weighted by Gasteiger charge is 2.37. The van der Waals surface area contributed by atoms with Crippen LogP contribution in [0.3, 0.4) is 0 Å². The van der Waals surface area contributed by atoms with Gasteiger partial charge in [-0.05, 0) is 31.9 Å². The van der Waals surface area contributed by atoms with E-state index in [4.69, 9.17) is 9.97 Å². The van der Waals surface area contributed by atoms with Gasteiger partial charge in [0.1, 0.15) is 11.6 Å². The SMILES string of the molecule is CNc1nc([C@@H]2CCCN2S(=O)(=O)CCc2ccccc2)nc2c1CN(C)CC2. The summed E-state index contributed by atoms with van der Waals surface area (Å²) in [7, 11) is 0.576. The summed E-state index contributed by atoms with van der Waals surface area (Å²) in [6, 6.07) is 9.50. The van der Waals surface area contributed by atoms with Crippen LogP contribution in [0.4, 0.5) is 5.82 Å². The predicted octanol–water partition coefficient (Wildman–Crippen LogP) is 2.22. The molecule has 1 N–H and O–H groups in total. The van der Waals surface area contributed by atoms with Crippen molar-refractivity contribution in [2.24, 2.45) is 0 Å². The fourth-order valence-electron chi connectivity index (χ4n) is 4.26. The van der Waals surface area contributed by atoms with Gasteiger partial charge in [-0.1, -0.05) is 30.3 Å². The van der Waals surface area contributed by atoms with Crippen LogP contribution < -0.4 is 5.32 Å². The van der Waals surface area contributed by atoms with Crippen molar-refractivity contribution in [3.8, 4) is 0 Å². The number of fused-ring (bicyclic) bond motifs is 1. The van der Waals surface area contributed by atoms with Crippen LogP contribution in [0, 0.1) is 0 Å². The van der Waals surface area contributed by atoms with E-state index in [-0.39, 0.29) is 11.8 Å². The molecule has 0 radical (unpaired) electrons. The first-order valence-electron chi connectivity index (χ1n) is 10.3. The van der Waals surface area contributed by atoms with Crippen LogP contribution in [0.25, 0.3) is 0 Å². The molecule has 0 saturated carbocycles. The smallest absolute Gasteiger partial charge is 0.215 e. The van der Waals surface area contributed by atoms with Gasteiger partial charge in [0.15, 0.2) is 0 Å². The molecule has 2 aliphatic rings. The number of nitrogens with one attached hydrogen (secondary N) is 1. The highest BCUT2D eigenvalue weighted by atomic mass is 32.2. The Morgan fingerprint density at radius 1 is 1.17 bits per heavy atom. The lowest BCUT2D eigenvalue weighted by Crippen LogP contribution is -2.35. The first-order valence-corrected chi connectivity index (χ1v) is 11.9. The van der Waals surface area contributed by atoms with Gasteiger partial charge in [0.25, 0.3) is 0 Å². The number of rotatable bonds is 6. The summed E-state index contributed by atoms with van der Waals surface area (Å²) in [5, 5.41) is 3.19. The van der Waals surface area contributed by atoms with Crippen LogP contribution in [0.5, 0.6) is 0 Å². The van der Waals surface area contributed by atoms with Crippen molar-refractivity contribution in [2.75, 3.05) is 38.3 Å². The molecular weight excluding hydrogens is 386 g/mol. The van der Waals surface area contributed by atoms with Crippen LogP contribution in [0.1, 0.15) is 41.5 Å². The molecule has 0 unspecified atom stereocenters. The Hall–Kier alpha value is -2.03.